The van der Waals surface area contributed by atoms with Crippen LogP contribution in [0.25, 0.3) is 0 Å². The lowest BCUT2D eigenvalue weighted by molar-refractivity contribution is -0.195. The van der Waals surface area contributed by atoms with Gasteiger partial charge in [0, 0.05) is 18.3 Å². The van der Waals surface area contributed by atoms with Crippen molar-refractivity contribution in [3.8, 4) is 0 Å². The molecular formula is C45H63NO8. The van der Waals surface area contributed by atoms with E-state index < -0.39 is 28.8 Å². The Labute approximate surface area is 322 Å². The highest BCUT2D eigenvalue weighted by molar-refractivity contribution is 5.96. The molecule has 9 heteroatoms. The number of carbonyl (C=O) groups is 5. The lowest BCUT2D eigenvalue weighted by atomic mass is 9.33. The zero-order valence-electron chi connectivity index (χ0n) is 34.1. The molecule has 0 aromatic heterocycles. The van der Waals surface area contributed by atoms with Gasteiger partial charge in [-0.3, -0.25) is 19.2 Å². The highest BCUT2D eigenvalue weighted by atomic mass is 16.5. The Hall–Kier alpha value is -3.49. The molecule has 1 unspecified atom stereocenters. The SMILES string of the molecule is COC(=O)CC[C@H](NC(=O)[C@H]1CC[C@]2(C)C3C(=O)C=C4[C@@H]5C[C@@](C)(C(=O)OCc6ccccc6)CC[C@]5(C)CC[C@@]4(C)[C@]3(C)CC[C@H]2C1(C)C)C(=O)OC. The van der Waals surface area contributed by atoms with Crippen molar-refractivity contribution < 1.29 is 38.2 Å². The molecule has 9 nitrogen and oxygen atoms in total. The van der Waals surface area contributed by atoms with E-state index in [0.29, 0.717) is 12.8 Å². The molecular weight excluding hydrogens is 682 g/mol. The van der Waals surface area contributed by atoms with E-state index in [2.05, 4.69) is 53.8 Å². The fourth-order valence-corrected chi connectivity index (χ4v) is 12.8. The summed E-state index contributed by atoms with van der Waals surface area (Å²) in [5.41, 5.74) is 0.340. The van der Waals surface area contributed by atoms with Crippen LogP contribution < -0.4 is 5.32 Å². The van der Waals surface area contributed by atoms with Crippen molar-refractivity contribution in [2.75, 3.05) is 14.2 Å². The number of rotatable bonds is 9. The summed E-state index contributed by atoms with van der Waals surface area (Å²) in [6, 6.07) is 8.87. The number of amides is 1. The van der Waals surface area contributed by atoms with Crippen molar-refractivity contribution in [3.63, 3.8) is 0 Å². The monoisotopic (exact) mass is 745 g/mol. The largest absolute Gasteiger partial charge is 0.469 e. The molecule has 0 radical (unpaired) electrons. The van der Waals surface area contributed by atoms with E-state index in [-0.39, 0.29) is 82.4 Å². The van der Waals surface area contributed by atoms with Crippen molar-refractivity contribution in [1.29, 1.82) is 0 Å². The molecule has 5 aliphatic carbocycles. The van der Waals surface area contributed by atoms with Crippen LogP contribution in [0.15, 0.2) is 42.0 Å². The van der Waals surface area contributed by atoms with Gasteiger partial charge in [-0.15, -0.1) is 0 Å². The van der Waals surface area contributed by atoms with Gasteiger partial charge >= 0.3 is 17.9 Å². The van der Waals surface area contributed by atoms with Crippen molar-refractivity contribution in [2.24, 2.45) is 56.2 Å². The third kappa shape index (κ3) is 6.43. The number of nitrogens with one attached hydrogen (secondary N) is 1. The molecule has 5 aliphatic rings. The van der Waals surface area contributed by atoms with Crippen LogP contribution in [0.5, 0.6) is 0 Å². The number of hydrogen-bond acceptors (Lipinski definition) is 8. The number of hydrogen-bond donors (Lipinski definition) is 1. The minimum atomic E-state index is -0.951. The second-order valence-electron chi connectivity index (χ2n) is 19.4. The number of ketones is 1. The fraction of sp³-hybridized carbons (Fsp3) is 0.711. The van der Waals surface area contributed by atoms with Gasteiger partial charge in [0.05, 0.1) is 19.6 Å². The summed E-state index contributed by atoms with van der Waals surface area (Å²) in [5, 5.41) is 2.93. The molecule has 296 valence electrons. The third-order valence-corrected chi connectivity index (χ3v) is 16.3. The molecule has 0 aliphatic heterocycles. The first-order chi connectivity index (χ1) is 25.3. The van der Waals surface area contributed by atoms with Gasteiger partial charge in [0.2, 0.25) is 5.91 Å². The Morgan fingerprint density at radius 2 is 1.54 bits per heavy atom. The van der Waals surface area contributed by atoms with Crippen LogP contribution >= 0.6 is 0 Å². The van der Waals surface area contributed by atoms with E-state index in [0.717, 1.165) is 50.5 Å². The number of carbonyl (C=O) groups excluding carboxylic acids is 5. The summed E-state index contributed by atoms with van der Waals surface area (Å²) in [5.74, 6) is -1.56. The molecule has 54 heavy (non-hydrogen) atoms. The van der Waals surface area contributed by atoms with Gasteiger partial charge in [-0.25, -0.2) is 4.79 Å². The van der Waals surface area contributed by atoms with Gasteiger partial charge in [0.1, 0.15) is 12.6 Å². The van der Waals surface area contributed by atoms with Crippen LogP contribution in [0.1, 0.15) is 125 Å². The molecule has 4 fully saturated rings. The van der Waals surface area contributed by atoms with Crippen molar-refractivity contribution in [2.45, 2.75) is 132 Å². The standard InChI is InChI=1S/C45H63NO8/c1-40(2)29(37(49)46-32(38(50)53-9)15-16-35(48)52-8)17-19-43(5)34(40)18-20-45(7)36(43)33(47)25-30-31-26-42(4,22-21-41(31,3)23-24-44(30,45)6)39(51)54-27-28-13-11-10-12-14-28/h10-14,25,29,31-32,34,36H,15-24,26-27H2,1-9H3,(H,46,49)/t29-,31+,32+,34+,36?,41-,42+,43+,44-,45-/m1/s1. The fourth-order valence-electron chi connectivity index (χ4n) is 12.8. The van der Waals surface area contributed by atoms with Crippen LogP contribution in [-0.2, 0) is 44.8 Å². The molecule has 0 heterocycles. The first-order valence-corrected chi connectivity index (χ1v) is 20.2. The smallest absolute Gasteiger partial charge is 0.328 e. The van der Waals surface area contributed by atoms with Gasteiger partial charge in [-0.2, -0.15) is 0 Å². The molecule has 4 saturated carbocycles. The molecule has 1 aromatic carbocycles. The summed E-state index contributed by atoms with van der Waals surface area (Å²) in [6.45, 7) is 16.1. The van der Waals surface area contributed by atoms with Gasteiger partial charge in [0.15, 0.2) is 5.78 Å². The van der Waals surface area contributed by atoms with E-state index in [4.69, 9.17) is 14.2 Å². The van der Waals surface area contributed by atoms with Gasteiger partial charge in [-0.05, 0) is 122 Å². The van der Waals surface area contributed by atoms with E-state index >= 15 is 0 Å². The first kappa shape index (κ1) is 40.2. The maximum atomic E-state index is 14.9. The molecule has 0 bridgehead atoms. The molecule has 6 rings (SSSR count). The number of esters is 3. The summed E-state index contributed by atoms with van der Waals surface area (Å²) in [7, 11) is 2.57. The molecule has 1 aromatic rings. The average Bonchev–Trinajstić information content (AvgIpc) is 3.13. The maximum absolute atomic E-state index is 14.9. The van der Waals surface area contributed by atoms with E-state index in [9.17, 15) is 24.0 Å². The van der Waals surface area contributed by atoms with Gasteiger partial charge in [0.25, 0.3) is 0 Å². The predicted octanol–water partition coefficient (Wildman–Crippen LogP) is 7.94. The van der Waals surface area contributed by atoms with Gasteiger partial charge < -0.3 is 19.5 Å². The van der Waals surface area contributed by atoms with Gasteiger partial charge in [-0.1, -0.05) is 77.4 Å². The Morgan fingerprint density at radius 1 is 0.852 bits per heavy atom. The number of allylic oxidation sites excluding steroid dienone is 2. The lowest BCUT2D eigenvalue weighted by Gasteiger charge is -2.70. The predicted molar refractivity (Wildman–Crippen MR) is 204 cm³/mol. The minimum Gasteiger partial charge on any atom is -0.469 e. The number of fused-ring (bicyclic) bond motifs is 7. The average molecular weight is 746 g/mol. The molecule has 0 spiro atoms. The van der Waals surface area contributed by atoms with Crippen molar-refractivity contribution in [1.82, 2.24) is 5.32 Å². The quantitative estimate of drug-likeness (QED) is 0.200. The highest BCUT2D eigenvalue weighted by Crippen LogP contribution is 2.75. The van der Waals surface area contributed by atoms with Crippen molar-refractivity contribution >= 4 is 29.6 Å². The zero-order valence-corrected chi connectivity index (χ0v) is 34.1. The summed E-state index contributed by atoms with van der Waals surface area (Å²) in [4.78, 5) is 67.3. The second-order valence-corrected chi connectivity index (χ2v) is 19.4. The molecule has 0 saturated heterocycles. The Morgan fingerprint density at radius 3 is 2.20 bits per heavy atom. The van der Waals surface area contributed by atoms with Crippen LogP contribution in [-0.4, -0.2) is 49.9 Å². The van der Waals surface area contributed by atoms with E-state index in [1.165, 1.54) is 19.8 Å². The minimum absolute atomic E-state index is 0.0143. The maximum Gasteiger partial charge on any atom is 0.328 e. The Bertz CT molecular complexity index is 1700. The number of ether oxygens (including phenoxy) is 3. The molecule has 1 amide bonds. The number of benzene rings is 1. The van der Waals surface area contributed by atoms with Crippen LogP contribution in [0.2, 0.25) is 0 Å². The Balaban J connectivity index is 1.25. The highest BCUT2D eigenvalue weighted by Gasteiger charge is 2.70. The molecule has 10 atom stereocenters. The first-order valence-electron chi connectivity index (χ1n) is 20.2. The Kier molecular flexibility index (Phi) is 10.6. The molecule has 1 N–H and O–H groups in total. The summed E-state index contributed by atoms with van der Waals surface area (Å²) in [6.07, 6.45) is 9.64. The number of methoxy groups -OCH3 is 2. The van der Waals surface area contributed by atoms with Crippen LogP contribution in [0, 0.1) is 56.2 Å². The zero-order chi connectivity index (χ0) is 39.5. The summed E-state index contributed by atoms with van der Waals surface area (Å²) < 4.78 is 15.7. The lowest BCUT2D eigenvalue weighted by Crippen LogP contribution is -2.66. The van der Waals surface area contributed by atoms with Crippen LogP contribution in [0.3, 0.4) is 0 Å². The van der Waals surface area contributed by atoms with Crippen molar-refractivity contribution in [3.05, 3.63) is 47.5 Å². The van der Waals surface area contributed by atoms with E-state index in [1.807, 2.05) is 36.4 Å². The van der Waals surface area contributed by atoms with Crippen LogP contribution in [0.4, 0.5) is 0 Å². The second kappa shape index (κ2) is 14.2. The normalized spacial score (nSPS) is 38.5. The van der Waals surface area contributed by atoms with E-state index in [1.54, 1.807) is 0 Å². The summed E-state index contributed by atoms with van der Waals surface area (Å²) >= 11 is 0. The topological polar surface area (TPSA) is 125 Å². The third-order valence-electron chi connectivity index (χ3n) is 16.3.